The Balaban J connectivity index is 0.00000211. The number of benzene rings is 1. The summed E-state index contributed by atoms with van der Waals surface area (Å²) in [4.78, 5) is 13.6. The molecule has 0 saturated carbocycles. The molecular weight excluding hydrogens is 278 g/mol. The highest BCUT2D eigenvalue weighted by Gasteiger charge is 2.08. The third kappa shape index (κ3) is 7.46. The molecule has 0 unspecified atom stereocenters. The number of ether oxygens (including phenoxy) is 2. The van der Waals surface area contributed by atoms with Crippen LogP contribution in [0.1, 0.15) is 50.9 Å². The fourth-order valence-electron chi connectivity index (χ4n) is 1.86. The summed E-state index contributed by atoms with van der Waals surface area (Å²) in [6.07, 6.45) is 2.40. The predicted molar refractivity (Wildman–Crippen MR) is 92.2 cm³/mol. The number of rotatable bonds is 9. The summed E-state index contributed by atoms with van der Waals surface area (Å²) in [6.45, 7) is 10.3. The normalized spacial score (nSPS) is 9.95. The minimum absolute atomic E-state index is 0.0224. The van der Waals surface area contributed by atoms with Crippen LogP contribution in [0.25, 0.3) is 0 Å². The van der Waals surface area contributed by atoms with Crippen LogP contribution < -0.4 is 9.47 Å². The Morgan fingerprint density at radius 2 is 1.86 bits per heavy atom. The molecule has 1 aromatic carbocycles. The van der Waals surface area contributed by atoms with E-state index in [1.54, 1.807) is 25.3 Å². The molecule has 0 amide bonds. The number of nitrogens with zero attached hydrogens (tertiary/aromatic N) is 1. The molecule has 0 atom stereocenters. The van der Waals surface area contributed by atoms with E-state index in [0.717, 1.165) is 13.1 Å². The zero-order valence-corrected chi connectivity index (χ0v) is 14.9. The van der Waals surface area contributed by atoms with Crippen molar-refractivity contribution in [1.82, 2.24) is 4.90 Å². The molecule has 0 heterocycles. The minimum atomic E-state index is 0.0224. The van der Waals surface area contributed by atoms with E-state index in [2.05, 4.69) is 18.9 Å². The van der Waals surface area contributed by atoms with Crippen LogP contribution >= 0.6 is 0 Å². The first-order chi connectivity index (χ1) is 10.6. The summed E-state index contributed by atoms with van der Waals surface area (Å²) in [5, 5.41) is 0. The van der Waals surface area contributed by atoms with Gasteiger partial charge in [0.05, 0.1) is 7.11 Å². The Morgan fingerprint density at radius 3 is 2.41 bits per heavy atom. The van der Waals surface area contributed by atoms with Gasteiger partial charge in [-0.05, 0) is 45.1 Å². The van der Waals surface area contributed by atoms with Crippen LogP contribution in [0, 0.1) is 0 Å². The Kier molecular flexibility index (Phi) is 11.2. The topological polar surface area (TPSA) is 38.8 Å². The summed E-state index contributed by atoms with van der Waals surface area (Å²) in [5.41, 5.74) is 0.634. The number of carbonyl (C=O) groups excluding carboxylic acids is 1. The second kappa shape index (κ2) is 12.0. The lowest BCUT2D eigenvalue weighted by Crippen LogP contribution is -2.25. The number of Topliss-reactive ketones (excluding diaryl/α,β-unsaturated/α-hetero) is 1. The number of hydrogen-bond acceptors (Lipinski definition) is 4. The number of ketones is 1. The van der Waals surface area contributed by atoms with E-state index in [0.29, 0.717) is 23.7 Å². The quantitative estimate of drug-likeness (QED) is 0.645. The van der Waals surface area contributed by atoms with E-state index in [1.807, 2.05) is 13.8 Å². The SMILES string of the molecule is CC.CCCCN(C)CCOc1ccc(C(C)=O)cc1OC. The van der Waals surface area contributed by atoms with Gasteiger partial charge in [-0.25, -0.2) is 0 Å². The van der Waals surface area contributed by atoms with Gasteiger partial charge in [0.25, 0.3) is 0 Å². The van der Waals surface area contributed by atoms with Crippen LogP contribution in [0.2, 0.25) is 0 Å². The Bertz CT molecular complexity index is 432. The fourth-order valence-corrected chi connectivity index (χ4v) is 1.86. The van der Waals surface area contributed by atoms with Crippen LogP contribution in [0.3, 0.4) is 0 Å². The van der Waals surface area contributed by atoms with Crippen molar-refractivity contribution in [3.63, 3.8) is 0 Å². The van der Waals surface area contributed by atoms with E-state index in [-0.39, 0.29) is 5.78 Å². The molecule has 0 bridgehead atoms. The second-order valence-electron chi connectivity index (χ2n) is 4.93. The molecule has 0 aliphatic carbocycles. The largest absolute Gasteiger partial charge is 0.493 e. The van der Waals surface area contributed by atoms with Gasteiger partial charge in [-0.15, -0.1) is 0 Å². The van der Waals surface area contributed by atoms with Gasteiger partial charge in [0.15, 0.2) is 17.3 Å². The highest BCUT2D eigenvalue weighted by molar-refractivity contribution is 5.94. The first-order valence-electron chi connectivity index (χ1n) is 8.08. The fraction of sp³-hybridized carbons (Fsp3) is 0.611. The van der Waals surface area contributed by atoms with Gasteiger partial charge in [-0.2, -0.15) is 0 Å². The first-order valence-corrected chi connectivity index (χ1v) is 8.08. The van der Waals surface area contributed by atoms with E-state index in [9.17, 15) is 4.79 Å². The van der Waals surface area contributed by atoms with Crippen LogP contribution in [0.4, 0.5) is 0 Å². The van der Waals surface area contributed by atoms with Crippen molar-refractivity contribution in [2.75, 3.05) is 33.9 Å². The lowest BCUT2D eigenvalue weighted by atomic mass is 10.1. The van der Waals surface area contributed by atoms with Crippen molar-refractivity contribution in [2.24, 2.45) is 0 Å². The number of carbonyl (C=O) groups is 1. The van der Waals surface area contributed by atoms with Crippen molar-refractivity contribution < 1.29 is 14.3 Å². The summed E-state index contributed by atoms with van der Waals surface area (Å²) < 4.78 is 11.0. The number of methoxy groups -OCH3 is 1. The molecule has 4 nitrogen and oxygen atoms in total. The maximum Gasteiger partial charge on any atom is 0.161 e. The van der Waals surface area contributed by atoms with Gasteiger partial charge in [-0.3, -0.25) is 4.79 Å². The third-order valence-corrected chi connectivity index (χ3v) is 3.19. The Labute approximate surface area is 135 Å². The van der Waals surface area contributed by atoms with Gasteiger partial charge in [0, 0.05) is 12.1 Å². The number of hydrogen-bond donors (Lipinski definition) is 0. The third-order valence-electron chi connectivity index (χ3n) is 3.19. The second-order valence-corrected chi connectivity index (χ2v) is 4.93. The van der Waals surface area contributed by atoms with Crippen molar-refractivity contribution in [3.8, 4) is 11.5 Å². The molecule has 22 heavy (non-hydrogen) atoms. The van der Waals surface area contributed by atoms with Crippen molar-refractivity contribution >= 4 is 5.78 Å². The molecule has 0 aliphatic heterocycles. The standard InChI is InChI=1S/C16H25NO3.C2H6/c1-5-6-9-17(3)10-11-20-15-8-7-14(13(2)18)12-16(15)19-4;1-2/h7-8,12H,5-6,9-11H2,1-4H3;1-2H3. The molecule has 0 aliphatic rings. The van der Waals surface area contributed by atoms with Gasteiger partial charge in [-0.1, -0.05) is 27.2 Å². The number of unbranched alkanes of at least 4 members (excludes halogenated alkanes) is 1. The molecule has 1 rings (SSSR count). The smallest absolute Gasteiger partial charge is 0.161 e. The molecule has 0 radical (unpaired) electrons. The van der Waals surface area contributed by atoms with Crippen molar-refractivity contribution in [3.05, 3.63) is 23.8 Å². The Morgan fingerprint density at radius 1 is 1.18 bits per heavy atom. The summed E-state index contributed by atoms with van der Waals surface area (Å²) in [7, 11) is 3.68. The van der Waals surface area contributed by atoms with E-state index in [1.165, 1.54) is 19.8 Å². The highest BCUT2D eigenvalue weighted by Crippen LogP contribution is 2.28. The maximum absolute atomic E-state index is 11.3. The van der Waals surface area contributed by atoms with Crippen LogP contribution in [0.5, 0.6) is 11.5 Å². The van der Waals surface area contributed by atoms with Crippen molar-refractivity contribution in [1.29, 1.82) is 0 Å². The number of likely N-dealkylation sites (N-methyl/N-ethyl adjacent to an activating group) is 1. The van der Waals surface area contributed by atoms with Gasteiger partial charge in [0.2, 0.25) is 0 Å². The molecular formula is C18H31NO3. The molecule has 0 spiro atoms. The zero-order chi connectivity index (χ0) is 17.0. The van der Waals surface area contributed by atoms with E-state index >= 15 is 0 Å². The van der Waals surface area contributed by atoms with Gasteiger partial charge >= 0.3 is 0 Å². The predicted octanol–water partition coefficient (Wildman–Crippen LogP) is 4.03. The highest BCUT2D eigenvalue weighted by atomic mass is 16.5. The van der Waals surface area contributed by atoms with Crippen LogP contribution in [0.15, 0.2) is 18.2 Å². The molecule has 0 N–H and O–H groups in total. The summed E-state index contributed by atoms with van der Waals surface area (Å²) in [5.74, 6) is 1.31. The minimum Gasteiger partial charge on any atom is -0.493 e. The van der Waals surface area contributed by atoms with Crippen LogP contribution in [-0.4, -0.2) is 44.5 Å². The van der Waals surface area contributed by atoms with Gasteiger partial charge in [0.1, 0.15) is 6.61 Å². The zero-order valence-electron chi connectivity index (χ0n) is 14.9. The Hall–Kier alpha value is -1.55. The van der Waals surface area contributed by atoms with Crippen molar-refractivity contribution in [2.45, 2.75) is 40.5 Å². The molecule has 0 aromatic heterocycles. The summed E-state index contributed by atoms with van der Waals surface area (Å²) in [6, 6.07) is 5.28. The van der Waals surface area contributed by atoms with E-state index in [4.69, 9.17) is 9.47 Å². The average Bonchev–Trinajstić information content (AvgIpc) is 2.54. The average molecular weight is 309 g/mol. The lowest BCUT2D eigenvalue weighted by Gasteiger charge is -2.17. The maximum atomic E-state index is 11.3. The molecule has 4 heteroatoms. The first kappa shape index (κ1) is 20.5. The van der Waals surface area contributed by atoms with E-state index < -0.39 is 0 Å². The summed E-state index contributed by atoms with van der Waals surface area (Å²) >= 11 is 0. The molecule has 0 saturated heterocycles. The molecule has 126 valence electrons. The van der Waals surface area contributed by atoms with Gasteiger partial charge < -0.3 is 14.4 Å². The van der Waals surface area contributed by atoms with Crippen LogP contribution in [-0.2, 0) is 0 Å². The molecule has 1 aromatic rings. The lowest BCUT2D eigenvalue weighted by molar-refractivity contribution is 0.101. The monoisotopic (exact) mass is 309 g/mol. The molecule has 0 fully saturated rings.